The molecule has 0 saturated heterocycles. The number of carbonyl (C=O) groups is 2. The zero-order valence-corrected chi connectivity index (χ0v) is 13.8. The Morgan fingerprint density at radius 1 is 1.14 bits per heavy atom. The molecular formula is C17H31NO3. The lowest BCUT2D eigenvalue weighted by Crippen LogP contribution is -2.57. The number of carboxylic acids is 1. The maximum absolute atomic E-state index is 12.5. The van der Waals surface area contributed by atoms with Crippen molar-refractivity contribution in [3.05, 3.63) is 0 Å². The first-order valence-electron chi connectivity index (χ1n) is 8.54. The topological polar surface area (TPSA) is 66.4 Å². The van der Waals surface area contributed by atoms with Crippen molar-refractivity contribution in [2.45, 2.75) is 84.1 Å². The van der Waals surface area contributed by atoms with E-state index < -0.39 is 11.5 Å². The smallest absolute Gasteiger partial charge is 0.329 e. The fourth-order valence-electron chi connectivity index (χ4n) is 3.41. The summed E-state index contributed by atoms with van der Waals surface area (Å²) in [5.41, 5.74) is -1.03. The van der Waals surface area contributed by atoms with Crippen LogP contribution in [0.4, 0.5) is 0 Å². The minimum absolute atomic E-state index is 0.0416. The lowest BCUT2D eigenvalue weighted by atomic mass is 9.75. The summed E-state index contributed by atoms with van der Waals surface area (Å²) < 4.78 is 0. The Bertz CT molecular complexity index is 340. The van der Waals surface area contributed by atoms with Crippen molar-refractivity contribution < 1.29 is 14.7 Å². The third kappa shape index (κ3) is 4.72. The lowest BCUT2D eigenvalue weighted by Gasteiger charge is -2.38. The Kier molecular flexibility index (Phi) is 7.20. The highest BCUT2D eigenvalue weighted by atomic mass is 16.4. The van der Waals surface area contributed by atoms with Crippen LogP contribution in [-0.2, 0) is 9.59 Å². The molecule has 0 aromatic carbocycles. The molecule has 4 nitrogen and oxygen atoms in total. The maximum Gasteiger partial charge on any atom is 0.329 e. The Labute approximate surface area is 128 Å². The molecule has 1 saturated carbocycles. The molecule has 0 aromatic heterocycles. The second-order valence-corrected chi connectivity index (χ2v) is 6.50. The van der Waals surface area contributed by atoms with Gasteiger partial charge in [-0.3, -0.25) is 4.79 Å². The number of hydrogen-bond acceptors (Lipinski definition) is 2. The van der Waals surface area contributed by atoms with E-state index in [2.05, 4.69) is 26.1 Å². The van der Waals surface area contributed by atoms with Crippen LogP contribution < -0.4 is 5.32 Å². The summed E-state index contributed by atoms with van der Waals surface area (Å²) in [5, 5.41) is 12.5. The number of aliphatic carboxylic acids is 1. The standard InChI is InChI=1S/C17H31NO3/c1-4-7-14(8-5-2)15(19)18-17(16(20)21)11-9-13(6-3)10-12-17/h13-14H,4-12H2,1-3H3,(H,18,19)(H,20,21). The molecule has 4 heteroatoms. The van der Waals surface area contributed by atoms with Crippen molar-refractivity contribution in [2.75, 3.05) is 0 Å². The van der Waals surface area contributed by atoms with Gasteiger partial charge >= 0.3 is 5.97 Å². The molecule has 0 unspecified atom stereocenters. The van der Waals surface area contributed by atoms with Crippen molar-refractivity contribution in [3.63, 3.8) is 0 Å². The van der Waals surface area contributed by atoms with Gasteiger partial charge in [-0.05, 0) is 44.4 Å². The first-order chi connectivity index (χ1) is 9.99. The van der Waals surface area contributed by atoms with Crippen LogP contribution in [0, 0.1) is 11.8 Å². The van der Waals surface area contributed by atoms with Crippen LogP contribution >= 0.6 is 0 Å². The molecule has 1 rings (SSSR count). The predicted octanol–water partition coefficient (Wildman–Crippen LogP) is 3.74. The van der Waals surface area contributed by atoms with Gasteiger partial charge in [-0.2, -0.15) is 0 Å². The molecule has 1 aliphatic carbocycles. The van der Waals surface area contributed by atoms with Gasteiger partial charge in [0.05, 0.1) is 0 Å². The molecule has 21 heavy (non-hydrogen) atoms. The van der Waals surface area contributed by atoms with Crippen molar-refractivity contribution in [2.24, 2.45) is 11.8 Å². The summed E-state index contributed by atoms with van der Waals surface area (Å²) in [6.45, 7) is 6.28. The zero-order chi connectivity index (χ0) is 15.9. The Morgan fingerprint density at radius 3 is 2.05 bits per heavy atom. The third-order valence-corrected chi connectivity index (χ3v) is 4.95. The minimum Gasteiger partial charge on any atom is -0.480 e. The van der Waals surface area contributed by atoms with Gasteiger partial charge in [0, 0.05) is 5.92 Å². The van der Waals surface area contributed by atoms with Crippen LogP contribution in [0.5, 0.6) is 0 Å². The van der Waals surface area contributed by atoms with Gasteiger partial charge in [0.15, 0.2) is 0 Å². The summed E-state index contributed by atoms with van der Waals surface area (Å²) in [6.07, 6.45) is 7.61. The molecule has 1 amide bonds. The number of amides is 1. The molecule has 0 spiro atoms. The maximum atomic E-state index is 12.5. The number of hydrogen-bond donors (Lipinski definition) is 2. The van der Waals surface area contributed by atoms with E-state index in [1.807, 2.05) is 0 Å². The van der Waals surface area contributed by atoms with E-state index in [1.165, 1.54) is 0 Å². The fourth-order valence-corrected chi connectivity index (χ4v) is 3.41. The average Bonchev–Trinajstić information content (AvgIpc) is 2.47. The quantitative estimate of drug-likeness (QED) is 0.717. The highest BCUT2D eigenvalue weighted by Gasteiger charge is 2.43. The first-order valence-corrected chi connectivity index (χ1v) is 8.54. The highest BCUT2D eigenvalue weighted by molar-refractivity contribution is 5.88. The molecule has 2 N–H and O–H groups in total. The molecule has 0 radical (unpaired) electrons. The van der Waals surface area contributed by atoms with E-state index in [0.29, 0.717) is 18.8 Å². The minimum atomic E-state index is -1.03. The average molecular weight is 297 g/mol. The van der Waals surface area contributed by atoms with Crippen LogP contribution in [-0.4, -0.2) is 22.5 Å². The van der Waals surface area contributed by atoms with E-state index in [0.717, 1.165) is 44.9 Å². The molecule has 122 valence electrons. The predicted molar refractivity (Wildman–Crippen MR) is 84.1 cm³/mol. The highest BCUT2D eigenvalue weighted by Crippen LogP contribution is 2.34. The Hall–Kier alpha value is -1.06. The van der Waals surface area contributed by atoms with E-state index >= 15 is 0 Å². The molecule has 1 aliphatic rings. The fraction of sp³-hybridized carbons (Fsp3) is 0.882. The molecule has 0 aromatic rings. The zero-order valence-electron chi connectivity index (χ0n) is 13.8. The Balaban J connectivity index is 2.74. The molecule has 0 bridgehead atoms. The lowest BCUT2D eigenvalue weighted by molar-refractivity contribution is -0.150. The second-order valence-electron chi connectivity index (χ2n) is 6.50. The van der Waals surface area contributed by atoms with Gasteiger partial charge in [-0.25, -0.2) is 4.79 Å². The second kappa shape index (κ2) is 8.40. The summed E-state index contributed by atoms with van der Waals surface area (Å²) in [6, 6.07) is 0. The largest absolute Gasteiger partial charge is 0.480 e. The van der Waals surface area contributed by atoms with E-state index in [1.54, 1.807) is 0 Å². The molecule has 0 atom stereocenters. The van der Waals surface area contributed by atoms with Crippen LogP contribution in [0.1, 0.15) is 78.6 Å². The van der Waals surface area contributed by atoms with Crippen LogP contribution in [0.25, 0.3) is 0 Å². The first kappa shape index (κ1) is 18.0. The molecular weight excluding hydrogens is 266 g/mol. The molecule has 1 fully saturated rings. The van der Waals surface area contributed by atoms with Gasteiger partial charge < -0.3 is 10.4 Å². The SMILES string of the molecule is CCCC(CCC)C(=O)NC1(C(=O)O)CCC(CC)CC1. The van der Waals surface area contributed by atoms with Gasteiger partial charge in [-0.1, -0.05) is 40.0 Å². The van der Waals surface area contributed by atoms with Crippen LogP contribution in [0.3, 0.4) is 0 Å². The van der Waals surface area contributed by atoms with Crippen LogP contribution in [0.15, 0.2) is 0 Å². The van der Waals surface area contributed by atoms with Gasteiger partial charge in [-0.15, -0.1) is 0 Å². The number of carbonyl (C=O) groups excluding carboxylic acids is 1. The van der Waals surface area contributed by atoms with Crippen molar-refractivity contribution in [1.29, 1.82) is 0 Å². The monoisotopic (exact) mass is 297 g/mol. The number of carboxylic acid groups (broad SMARTS) is 1. The number of rotatable bonds is 8. The summed E-state index contributed by atoms with van der Waals surface area (Å²) >= 11 is 0. The number of nitrogens with one attached hydrogen (secondary N) is 1. The summed E-state index contributed by atoms with van der Waals surface area (Å²) in [5.74, 6) is -0.357. The molecule has 0 heterocycles. The Morgan fingerprint density at radius 2 is 1.67 bits per heavy atom. The van der Waals surface area contributed by atoms with E-state index in [-0.39, 0.29) is 11.8 Å². The summed E-state index contributed by atoms with van der Waals surface area (Å²) in [7, 11) is 0. The van der Waals surface area contributed by atoms with E-state index in [4.69, 9.17) is 0 Å². The van der Waals surface area contributed by atoms with Crippen molar-refractivity contribution >= 4 is 11.9 Å². The van der Waals surface area contributed by atoms with Crippen molar-refractivity contribution in [3.8, 4) is 0 Å². The third-order valence-electron chi connectivity index (χ3n) is 4.95. The van der Waals surface area contributed by atoms with E-state index in [9.17, 15) is 14.7 Å². The van der Waals surface area contributed by atoms with Gasteiger partial charge in [0.1, 0.15) is 5.54 Å². The normalized spacial score (nSPS) is 25.8. The van der Waals surface area contributed by atoms with Crippen LogP contribution in [0.2, 0.25) is 0 Å². The van der Waals surface area contributed by atoms with Gasteiger partial charge in [0.2, 0.25) is 5.91 Å². The summed E-state index contributed by atoms with van der Waals surface area (Å²) in [4.78, 5) is 24.2. The molecule has 0 aliphatic heterocycles. The van der Waals surface area contributed by atoms with Crippen molar-refractivity contribution in [1.82, 2.24) is 5.32 Å². The van der Waals surface area contributed by atoms with Gasteiger partial charge in [0.25, 0.3) is 0 Å².